The molecule has 1 fully saturated rings. The number of allylic oxidation sites excluding steroid dienone is 1. The maximum absolute atomic E-state index is 13.2. The molecule has 4 atom stereocenters. The topological polar surface area (TPSA) is 63.2 Å². The van der Waals surface area contributed by atoms with Crippen LogP contribution in [0.1, 0.15) is 44.2 Å². The highest BCUT2D eigenvalue weighted by atomic mass is 16.7. The number of carbonyl (C=O) groups is 1. The third-order valence-corrected chi connectivity index (χ3v) is 7.25. The Morgan fingerprint density at radius 2 is 1.65 bits per heavy atom. The van der Waals surface area contributed by atoms with Crippen LogP contribution in [-0.4, -0.2) is 38.4 Å². The van der Waals surface area contributed by atoms with Crippen LogP contribution in [0.15, 0.2) is 72.8 Å². The Hall–Kier alpha value is -2.95. The van der Waals surface area contributed by atoms with Gasteiger partial charge < -0.3 is 23.7 Å². The van der Waals surface area contributed by atoms with Gasteiger partial charge in [-0.2, -0.15) is 0 Å². The second-order valence-electron chi connectivity index (χ2n) is 9.66. The van der Waals surface area contributed by atoms with Crippen molar-refractivity contribution < 1.29 is 28.5 Å². The van der Waals surface area contributed by atoms with Crippen molar-refractivity contribution in [3.8, 4) is 12.3 Å². The lowest BCUT2D eigenvalue weighted by Gasteiger charge is -2.50. The predicted molar refractivity (Wildman–Crippen MR) is 142 cm³/mol. The molecule has 0 bridgehead atoms. The summed E-state index contributed by atoms with van der Waals surface area (Å²) in [6.07, 6.45) is 10.4. The fourth-order valence-corrected chi connectivity index (χ4v) is 4.84. The van der Waals surface area contributed by atoms with E-state index in [9.17, 15) is 4.79 Å². The van der Waals surface area contributed by atoms with Crippen LogP contribution in [0.4, 0.5) is 0 Å². The number of hydrogen-bond donors (Lipinski definition) is 0. The van der Waals surface area contributed by atoms with Gasteiger partial charge in [-0.25, -0.2) is 0 Å². The van der Waals surface area contributed by atoms with Crippen molar-refractivity contribution in [3.63, 3.8) is 0 Å². The number of carbonyl (C=O) groups excluding carboxylic acids is 1. The third-order valence-electron chi connectivity index (χ3n) is 7.25. The molecule has 0 radical (unpaired) electrons. The second-order valence-corrected chi connectivity index (χ2v) is 9.66. The van der Waals surface area contributed by atoms with E-state index in [4.69, 9.17) is 30.1 Å². The number of terminal acetylenes is 1. The van der Waals surface area contributed by atoms with E-state index in [-0.39, 0.29) is 25.6 Å². The van der Waals surface area contributed by atoms with Crippen molar-refractivity contribution in [2.24, 2.45) is 11.3 Å². The number of methoxy groups -OCH3 is 1. The Balaban J connectivity index is 1.74. The van der Waals surface area contributed by atoms with Gasteiger partial charge in [-0.1, -0.05) is 79.6 Å². The summed E-state index contributed by atoms with van der Waals surface area (Å²) in [5.41, 5.74) is 0.0308. The maximum atomic E-state index is 13.2. The number of benzene rings is 2. The highest BCUT2D eigenvalue weighted by Crippen LogP contribution is 2.49. The minimum atomic E-state index is -1.14. The molecular weight excluding hydrogens is 468 g/mol. The summed E-state index contributed by atoms with van der Waals surface area (Å²) in [6.45, 7) is 4.96. The molecule has 6 heteroatoms. The molecule has 0 saturated heterocycles. The van der Waals surface area contributed by atoms with Crippen molar-refractivity contribution >= 4 is 5.97 Å². The summed E-state index contributed by atoms with van der Waals surface area (Å²) in [5.74, 6) is 2.33. The molecule has 2 aromatic rings. The summed E-state index contributed by atoms with van der Waals surface area (Å²) in [4.78, 5) is 13.2. The van der Waals surface area contributed by atoms with Gasteiger partial charge in [0.25, 0.3) is 0 Å². The maximum Gasteiger partial charge on any atom is 0.318 e. The van der Waals surface area contributed by atoms with Crippen LogP contribution in [0.3, 0.4) is 0 Å². The number of ether oxygens (including phenoxy) is 5. The van der Waals surface area contributed by atoms with Crippen LogP contribution in [0.5, 0.6) is 0 Å². The van der Waals surface area contributed by atoms with Gasteiger partial charge in [0, 0.05) is 6.42 Å². The first-order chi connectivity index (χ1) is 17.9. The SMILES string of the molecule is C#C/C=C\C(C)(C(=O)OC)[C@@]1(OCOCc2ccccc2)CCC(C)C(OCOCc2ccccc2)C1. The van der Waals surface area contributed by atoms with Crippen molar-refractivity contribution in [2.75, 3.05) is 20.7 Å². The lowest BCUT2D eigenvalue weighted by atomic mass is 9.63. The first kappa shape index (κ1) is 28.6. The van der Waals surface area contributed by atoms with E-state index in [1.165, 1.54) is 13.2 Å². The zero-order chi connectivity index (χ0) is 26.6. The number of rotatable bonds is 13. The van der Waals surface area contributed by atoms with Crippen LogP contribution in [0.2, 0.25) is 0 Å². The van der Waals surface area contributed by atoms with Crippen LogP contribution < -0.4 is 0 Å². The van der Waals surface area contributed by atoms with E-state index in [1.54, 1.807) is 6.08 Å². The minimum Gasteiger partial charge on any atom is -0.468 e. The Labute approximate surface area is 220 Å². The summed E-state index contributed by atoms with van der Waals surface area (Å²) in [7, 11) is 1.38. The molecule has 3 rings (SSSR count). The van der Waals surface area contributed by atoms with E-state index < -0.39 is 17.0 Å². The van der Waals surface area contributed by atoms with Gasteiger partial charge in [-0.05, 0) is 42.9 Å². The van der Waals surface area contributed by atoms with Gasteiger partial charge in [-0.3, -0.25) is 4.79 Å². The third kappa shape index (κ3) is 7.53. The van der Waals surface area contributed by atoms with E-state index in [2.05, 4.69) is 12.8 Å². The Bertz CT molecular complexity index is 1030. The molecule has 0 spiro atoms. The van der Waals surface area contributed by atoms with Crippen LogP contribution in [-0.2, 0) is 41.7 Å². The molecule has 0 aliphatic heterocycles. The van der Waals surface area contributed by atoms with E-state index in [0.717, 1.165) is 17.5 Å². The molecule has 1 aliphatic rings. The Morgan fingerprint density at radius 1 is 1.05 bits per heavy atom. The number of esters is 1. The van der Waals surface area contributed by atoms with E-state index in [0.29, 0.717) is 26.1 Å². The summed E-state index contributed by atoms with van der Waals surface area (Å²) < 4.78 is 29.6. The normalized spacial score (nSPS) is 23.3. The standard InChI is InChI=1S/C31H38O6/c1-5-6-18-30(3,29(32)33-4)31(37-24-35-22-27-15-11-8-12-16-27)19-17-25(2)28(20-31)36-23-34-21-26-13-9-7-10-14-26/h1,6-16,18,25,28H,17,19-24H2,2-4H3/b18-6-/t25?,28?,30?,31-/m1/s1. The predicted octanol–water partition coefficient (Wildman–Crippen LogP) is 5.66. The zero-order valence-electron chi connectivity index (χ0n) is 22.1. The highest BCUT2D eigenvalue weighted by Gasteiger charge is 2.57. The van der Waals surface area contributed by atoms with Crippen molar-refractivity contribution in [2.45, 2.75) is 58.0 Å². The fraction of sp³-hybridized carbons (Fsp3) is 0.452. The van der Waals surface area contributed by atoms with Crippen molar-refractivity contribution in [1.29, 1.82) is 0 Å². The molecule has 0 heterocycles. The zero-order valence-corrected chi connectivity index (χ0v) is 22.1. The van der Waals surface area contributed by atoms with Crippen LogP contribution in [0, 0.1) is 23.7 Å². The summed E-state index contributed by atoms with van der Waals surface area (Å²) >= 11 is 0. The largest absolute Gasteiger partial charge is 0.468 e. The molecule has 1 saturated carbocycles. The summed E-state index contributed by atoms with van der Waals surface area (Å²) in [6, 6.07) is 19.8. The molecule has 198 valence electrons. The molecule has 3 unspecified atom stereocenters. The van der Waals surface area contributed by atoms with Crippen molar-refractivity contribution in [3.05, 3.63) is 83.9 Å². The van der Waals surface area contributed by atoms with Crippen molar-refractivity contribution in [1.82, 2.24) is 0 Å². The Kier molecular flexibility index (Phi) is 10.9. The van der Waals surface area contributed by atoms with Gasteiger partial charge in [0.05, 0.1) is 32.0 Å². The molecule has 6 nitrogen and oxygen atoms in total. The Morgan fingerprint density at radius 3 is 2.22 bits per heavy atom. The average Bonchev–Trinajstić information content (AvgIpc) is 2.94. The van der Waals surface area contributed by atoms with E-state index in [1.807, 2.05) is 67.6 Å². The molecule has 1 aliphatic carbocycles. The monoisotopic (exact) mass is 506 g/mol. The smallest absolute Gasteiger partial charge is 0.318 e. The number of hydrogen-bond acceptors (Lipinski definition) is 6. The lowest BCUT2D eigenvalue weighted by molar-refractivity contribution is -0.232. The minimum absolute atomic E-state index is 0.0109. The molecule has 37 heavy (non-hydrogen) atoms. The molecule has 0 N–H and O–H groups in total. The highest BCUT2D eigenvalue weighted by molar-refractivity contribution is 5.80. The van der Waals surface area contributed by atoms with Crippen LogP contribution >= 0.6 is 0 Å². The molecule has 0 amide bonds. The average molecular weight is 507 g/mol. The molecule has 2 aromatic carbocycles. The first-order valence-electron chi connectivity index (χ1n) is 12.7. The van der Waals surface area contributed by atoms with Gasteiger partial charge >= 0.3 is 5.97 Å². The first-order valence-corrected chi connectivity index (χ1v) is 12.7. The summed E-state index contributed by atoms with van der Waals surface area (Å²) in [5, 5.41) is 0. The lowest BCUT2D eigenvalue weighted by Crippen LogP contribution is -2.58. The van der Waals surface area contributed by atoms with Gasteiger partial charge in [-0.15, -0.1) is 6.42 Å². The van der Waals surface area contributed by atoms with Gasteiger partial charge in [0.15, 0.2) is 0 Å². The molecular formula is C31H38O6. The quantitative estimate of drug-likeness (QED) is 0.151. The van der Waals surface area contributed by atoms with Crippen LogP contribution in [0.25, 0.3) is 0 Å². The second kappa shape index (κ2) is 14.1. The fourth-order valence-electron chi connectivity index (χ4n) is 4.84. The van der Waals surface area contributed by atoms with Gasteiger partial charge in [0.2, 0.25) is 0 Å². The van der Waals surface area contributed by atoms with Gasteiger partial charge in [0.1, 0.15) is 19.0 Å². The van der Waals surface area contributed by atoms with E-state index >= 15 is 0 Å². The molecule has 0 aromatic heterocycles.